The second-order valence-electron chi connectivity index (χ2n) is 3.91. The molecule has 0 spiro atoms. The highest BCUT2D eigenvalue weighted by Crippen LogP contribution is 2.31. The Kier molecular flexibility index (Phi) is 3.02. The molecule has 1 aromatic heterocycles. The minimum Gasteiger partial charge on any atom is -0.272 e. The Hall–Kier alpha value is -1.63. The standard InChI is InChI=1S/C11H10F3N3S/c1-6-3-4-8(11(12,13)14)5-9(6)17-7(2)15-16-10(17)18/h3-5H,1-2H3,(H,16,18). The van der Waals surface area contributed by atoms with Gasteiger partial charge in [0.1, 0.15) is 5.82 Å². The first kappa shape index (κ1) is 12.8. The maximum absolute atomic E-state index is 12.7. The first-order chi connectivity index (χ1) is 8.30. The molecular formula is C11H10F3N3S. The highest BCUT2D eigenvalue weighted by molar-refractivity contribution is 7.71. The summed E-state index contributed by atoms with van der Waals surface area (Å²) in [7, 11) is 0. The van der Waals surface area contributed by atoms with Crippen LogP contribution in [-0.2, 0) is 6.18 Å². The van der Waals surface area contributed by atoms with Gasteiger partial charge in [-0.15, -0.1) is 0 Å². The summed E-state index contributed by atoms with van der Waals surface area (Å²) < 4.78 is 39.8. The maximum atomic E-state index is 12.7. The molecule has 0 aliphatic carbocycles. The van der Waals surface area contributed by atoms with Crippen LogP contribution < -0.4 is 0 Å². The van der Waals surface area contributed by atoms with Crippen molar-refractivity contribution in [3.05, 3.63) is 39.9 Å². The number of rotatable bonds is 1. The number of nitrogens with one attached hydrogen (secondary N) is 1. The van der Waals surface area contributed by atoms with Crippen LogP contribution in [0.5, 0.6) is 0 Å². The van der Waals surface area contributed by atoms with E-state index >= 15 is 0 Å². The molecule has 96 valence electrons. The third-order valence-corrected chi connectivity index (χ3v) is 2.89. The van der Waals surface area contributed by atoms with Crippen LogP contribution in [0.1, 0.15) is 17.0 Å². The van der Waals surface area contributed by atoms with Gasteiger partial charge in [-0.1, -0.05) is 6.07 Å². The number of alkyl halides is 3. The Balaban J connectivity index is 2.69. The van der Waals surface area contributed by atoms with Crippen LogP contribution in [0.3, 0.4) is 0 Å². The van der Waals surface area contributed by atoms with Gasteiger partial charge >= 0.3 is 6.18 Å². The van der Waals surface area contributed by atoms with E-state index in [4.69, 9.17) is 12.2 Å². The molecule has 0 aliphatic heterocycles. The topological polar surface area (TPSA) is 33.6 Å². The van der Waals surface area contributed by atoms with E-state index in [1.807, 2.05) is 0 Å². The molecule has 3 nitrogen and oxygen atoms in total. The number of benzene rings is 1. The molecule has 0 bridgehead atoms. The van der Waals surface area contributed by atoms with Crippen LogP contribution in [0.15, 0.2) is 18.2 Å². The molecule has 0 amide bonds. The Morgan fingerprint density at radius 2 is 1.94 bits per heavy atom. The molecule has 0 aliphatic rings. The van der Waals surface area contributed by atoms with E-state index in [0.717, 1.165) is 12.1 Å². The molecule has 1 heterocycles. The van der Waals surface area contributed by atoms with Gasteiger partial charge < -0.3 is 0 Å². The van der Waals surface area contributed by atoms with Crippen molar-refractivity contribution in [1.82, 2.24) is 14.8 Å². The predicted molar refractivity (Wildman–Crippen MR) is 63.2 cm³/mol. The Morgan fingerprint density at radius 3 is 2.44 bits per heavy atom. The number of aromatic amines is 1. The fourth-order valence-electron chi connectivity index (χ4n) is 1.69. The van der Waals surface area contributed by atoms with Crippen molar-refractivity contribution in [2.75, 3.05) is 0 Å². The van der Waals surface area contributed by atoms with E-state index in [-0.39, 0.29) is 4.77 Å². The quantitative estimate of drug-likeness (QED) is 0.806. The normalized spacial score (nSPS) is 11.8. The van der Waals surface area contributed by atoms with Crippen molar-refractivity contribution in [1.29, 1.82) is 0 Å². The largest absolute Gasteiger partial charge is 0.416 e. The van der Waals surface area contributed by atoms with Gasteiger partial charge in [-0.05, 0) is 43.8 Å². The van der Waals surface area contributed by atoms with Gasteiger partial charge in [0.05, 0.1) is 11.3 Å². The predicted octanol–water partition coefficient (Wildman–Crippen LogP) is 3.57. The van der Waals surface area contributed by atoms with E-state index in [9.17, 15) is 13.2 Å². The van der Waals surface area contributed by atoms with Crippen molar-refractivity contribution in [3.8, 4) is 5.69 Å². The Bertz CT molecular complexity index is 640. The van der Waals surface area contributed by atoms with E-state index in [1.54, 1.807) is 13.8 Å². The third kappa shape index (κ3) is 2.17. The highest BCUT2D eigenvalue weighted by atomic mass is 32.1. The van der Waals surface area contributed by atoms with E-state index in [1.165, 1.54) is 10.6 Å². The van der Waals surface area contributed by atoms with Crippen LogP contribution in [0.2, 0.25) is 0 Å². The zero-order chi connectivity index (χ0) is 13.5. The Labute approximate surface area is 106 Å². The van der Waals surface area contributed by atoms with Gasteiger partial charge in [0, 0.05) is 0 Å². The molecule has 0 unspecified atom stereocenters. The number of nitrogens with zero attached hydrogens (tertiary/aromatic N) is 2. The molecule has 0 saturated carbocycles. The zero-order valence-electron chi connectivity index (χ0n) is 9.67. The van der Waals surface area contributed by atoms with E-state index in [0.29, 0.717) is 17.1 Å². The van der Waals surface area contributed by atoms with E-state index in [2.05, 4.69) is 10.2 Å². The fourth-order valence-corrected chi connectivity index (χ4v) is 1.96. The molecule has 1 N–H and O–H groups in total. The van der Waals surface area contributed by atoms with Gasteiger partial charge in [-0.2, -0.15) is 18.3 Å². The van der Waals surface area contributed by atoms with Gasteiger partial charge in [0.15, 0.2) is 4.77 Å². The average molecular weight is 273 g/mol. The number of aryl methyl sites for hydroxylation is 2. The molecule has 0 radical (unpaired) electrons. The van der Waals surface area contributed by atoms with Gasteiger partial charge in [-0.3, -0.25) is 9.67 Å². The zero-order valence-corrected chi connectivity index (χ0v) is 10.5. The lowest BCUT2D eigenvalue weighted by Gasteiger charge is -2.12. The van der Waals surface area contributed by atoms with Crippen LogP contribution in [0.25, 0.3) is 5.69 Å². The molecule has 1 aromatic carbocycles. The summed E-state index contributed by atoms with van der Waals surface area (Å²) in [6.45, 7) is 3.40. The summed E-state index contributed by atoms with van der Waals surface area (Å²) in [6, 6.07) is 3.55. The summed E-state index contributed by atoms with van der Waals surface area (Å²) in [4.78, 5) is 0. The van der Waals surface area contributed by atoms with E-state index < -0.39 is 11.7 Å². The van der Waals surface area contributed by atoms with Crippen LogP contribution in [0, 0.1) is 18.6 Å². The van der Waals surface area contributed by atoms with Gasteiger partial charge in [0.25, 0.3) is 0 Å². The number of aromatic nitrogens is 3. The van der Waals surface area contributed by atoms with Crippen molar-refractivity contribution in [2.24, 2.45) is 0 Å². The third-order valence-electron chi connectivity index (χ3n) is 2.62. The lowest BCUT2D eigenvalue weighted by molar-refractivity contribution is -0.137. The summed E-state index contributed by atoms with van der Waals surface area (Å²) in [6.07, 6.45) is -4.37. The average Bonchev–Trinajstić information content (AvgIpc) is 2.58. The van der Waals surface area contributed by atoms with Gasteiger partial charge in [-0.25, -0.2) is 0 Å². The minimum absolute atomic E-state index is 0.273. The van der Waals surface area contributed by atoms with Crippen molar-refractivity contribution >= 4 is 12.2 Å². The molecule has 0 atom stereocenters. The maximum Gasteiger partial charge on any atom is 0.416 e. The smallest absolute Gasteiger partial charge is 0.272 e. The van der Waals surface area contributed by atoms with Crippen molar-refractivity contribution in [3.63, 3.8) is 0 Å². The monoisotopic (exact) mass is 273 g/mol. The molecule has 18 heavy (non-hydrogen) atoms. The molecule has 7 heteroatoms. The molecular weight excluding hydrogens is 263 g/mol. The first-order valence-corrected chi connectivity index (χ1v) is 5.54. The first-order valence-electron chi connectivity index (χ1n) is 5.13. The van der Waals surface area contributed by atoms with Crippen molar-refractivity contribution < 1.29 is 13.2 Å². The highest BCUT2D eigenvalue weighted by Gasteiger charge is 2.31. The summed E-state index contributed by atoms with van der Waals surface area (Å²) in [5.41, 5.74) is 0.385. The Morgan fingerprint density at radius 1 is 1.28 bits per heavy atom. The lowest BCUT2D eigenvalue weighted by Crippen LogP contribution is -2.08. The molecule has 2 rings (SSSR count). The van der Waals surface area contributed by atoms with Crippen LogP contribution in [0.4, 0.5) is 13.2 Å². The number of halogens is 3. The number of hydrogen-bond acceptors (Lipinski definition) is 2. The van der Waals surface area contributed by atoms with Crippen molar-refractivity contribution in [2.45, 2.75) is 20.0 Å². The molecule has 2 aromatic rings. The fraction of sp³-hybridized carbons (Fsp3) is 0.273. The van der Waals surface area contributed by atoms with Crippen LogP contribution >= 0.6 is 12.2 Å². The number of hydrogen-bond donors (Lipinski definition) is 1. The van der Waals surface area contributed by atoms with Crippen LogP contribution in [-0.4, -0.2) is 14.8 Å². The SMILES string of the molecule is Cc1ccc(C(F)(F)F)cc1-n1c(C)n[nH]c1=S. The summed E-state index contributed by atoms with van der Waals surface area (Å²) in [5.74, 6) is 0.516. The summed E-state index contributed by atoms with van der Waals surface area (Å²) in [5, 5.41) is 6.45. The molecule has 0 saturated heterocycles. The second-order valence-corrected chi connectivity index (χ2v) is 4.30. The second kappa shape index (κ2) is 4.24. The van der Waals surface area contributed by atoms with Gasteiger partial charge in [0.2, 0.25) is 0 Å². The number of H-pyrrole nitrogens is 1. The summed E-state index contributed by atoms with van der Waals surface area (Å²) >= 11 is 5.01. The molecule has 0 fully saturated rings. The lowest BCUT2D eigenvalue weighted by atomic mass is 10.1. The minimum atomic E-state index is -4.37.